The lowest BCUT2D eigenvalue weighted by atomic mass is 10.1. The van der Waals surface area contributed by atoms with Crippen LogP contribution in [-0.2, 0) is 17.5 Å². The summed E-state index contributed by atoms with van der Waals surface area (Å²) in [5, 5.41) is 17.8. The monoisotopic (exact) mass is 499 g/mol. The number of non-ortho nitro benzene ring substituents is 1. The molecule has 12 heteroatoms. The summed E-state index contributed by atoms with van der Waals surface area (Å²) in [5.74, 6) is -0.104. The second-order valence-electron chi connectivity index (χ2n) is 8.19. The van der Waals surface area contributed by atoms with Crippen LogP contribution in [0.5, 0.6) is 11.5 Å². The number of nitro benzene ring substituents is 1. The zero-order valence-electron chi connectivity index (χ0n) is 19.4. The Kier molecular flexibility index (Phi) is 6.35. The van der Waals surface area contributed by atoms with E-state index < -0.39 is 29.1 Å². The topological polar surface area (TPSA) is 112 Å². The van der Waals surface area contributed by atoms with Gasteiger partial charge in [0.15, 0.2) is 5.65 Å². The molecular weight excluding hydrogens is 479 g/mol. The SMILES string of the molecule is Cc1ccc(Oc2cc(NC(=O)Cn3nc(C)c4c(C(F)(F)F)cc(C)nc43)cc([N+](=O)[O-])c2)cc1. The number of aryl methyl sites for hydroxylation is 3. The third kappa shape index (κ3) is 5.27. The minimum atomic E-state index is -4.62. The van der Waals surface area contributed by atoms with Gasteiger partial charge in [0, 0.05) is 17.8 Å². The fraction of sp³-hybridized carbons (Fsp3) is 0.208. The number of nitrogens with zero attached hydrogens (tertiary/aromatic N) is 4. The summed E-state index contributed by atoms with van der Waals surface area (Å²) in [7, 11) is 0. The standard InChI is InChI=1S/C24H20F3N5O4/c1-13-4-6-18(7-5-13)36-19-10-16(9-17(11-19)32(34)35)29-21(33)12-31-23-22(15(3)30-31)20(24(25,26)27)8-14(2)28-23/h4-11H,12H2,1-3H3,(H,29,33). The van der Waals surface area contributed by atoms with Crippen LogP contribution in [0.1, 0.15) is 22.5 Å². The number of ether oxygens (including phenoxy) is 1. The molecule has 0 bridgehead atoms. The number of nitro groups is 1. The van der Waals surface area contributed by atoms with Crippen molar-refractivity contribution in [3.8, 4) is 11.5 Å². The molecule has 4 aromatic rings. The molecule has 0 aliphatic carbocycles. The van der Waals surface area contributed by atoms with Crippen LogP contribution in [-0.4, -0.2) is 25.6 Å². The predicted octanol–water partition coefficient (Wildman–Crippen LogP) is 5.71. The molecule has 186 valence electrons. The fourth-order valence-electron chi connectivity index (χ4n) is 3.71. The lowest BCUT2D eigenvalue weighted by molar-refractivity contribution is -0.384. The van der Waals surface area contributed by atoms with Gasteiger partial charge in [0.2, 0.25) is 5.91 Å². The molecule has 0 saturated carbocycles. The van der Waals surface area contributed by atoms with Crippen LogP contribution in [0.4, 0.5) is 24.5 Å². The molecule has 0 unspecified atom stereocenters. The van der Waals surface area contributed by atoms with Crippen molar-refractivity contribution in [3.05, 3.63) is 81.2 Å². The van der Waals surface area contributed by atoms with Crippen LogP contribution < -0.4 is 10.1 Å². The number of halogens is 3. The van der Waals surface area contributed by atoms with Gasteiger partial charge in [0.05, 0.1) is 33.3 Å². The number of benzene rings is 2. The van der Waals surface area contributed by atoms with E-state index in [1.165, 1.54) is 26.0 Å². The van der Waals surface area contributed by atoms with E-state index in [9.17, 15) is 28.1 Å². The van der Waals surface area contributed by atoms with Gasteiger partial charge >= 0.3 is 6.18 Å². The van der Waals surface area contributed by atoms with E-state index in [0.29, 0.717) is 5.75 Å². The van der Waals surface area contributed by atoms with E-state index in [-0.39, 0.29) is 39.5 Å². The van der Waals surface area contributed by atoms with Crippen molar-refractivity contribution < 1.29 is 27.6 Å². The van der Waals surface area contributed by atoms with E-state index in [1.54, 1.807) is 12.1 Å². The smallest absolute Gasteiger partial charge is 0.417 e. The molecule has 0 fully saturated rings. The predicted molar refractivity (Wildman–Crippen MR) is 125 cm³/mol. The van der Waals surface area contributed by atoms with Gasteiger partial charge in [-0.3, -0.25) is 14.9 Å². The summed E-state index contributed by atoms with van der Waals surface area (Å²) < 4.78 is 47.4. The Morgan fingerprint density at radius 1 is 1.08 bits per heavy atom. The Bertz CT molecular complexity index is 1480. The third-order valence-electron chi connectivity index (χ3n) is 5.25. The number of anilines is 1. The Morgan fingerprint density at radius 2 is 1.78 bits per heavy atom. The molecule has 2 aromatic heterocycles. The lowest BCUT2D eigenvalue weighted by Gasteiger charge is -2.11. The number of pyridine rings is 1. The van der Waals surface area contributed by atoms with Crippen molar-refractivity contribution in [2.24, 2.45) is 0 Å². The van der Waals surface area contributed by atoms with Crippen molar-refractivity contribution in [1.29, 1.82) is 0 Å². The summed E-state index contributed by atoms with van der Waals surface area (Å²) in [6.45, 7) is 4.25. The largest absolute Gasteiger partial charge is 0.457 e. The number of hydrogen-bond acceptors (Lipinski definition) is 6. The van der Waals surface area contributed by atoms with Crippen LogP contribution in [0.25, 0.3) is 11.0 Å². The number of fused-ring (bicyclic) bond motifs is 1. The maximum Gasteiger partial charge on any atom is 0.417 e. The molecule has 0 saturated heterocycles. The zero-order valence-corrected chi connectivity index (χ0v) is 19.4. The maximum absolute atomic E-state index is 13.5. The number of alkyl halides is 3. The molecule has 0 spiro atoms. The number of carbonyl (C=O) groups is 1. The van der Waals surface area contributed by atoms with Crippen molar-refractivity contribution in [2.45, 2.75) is 33.5 Å². The molecule has 0 aliphatic heterocycles. The van der Waals surface area contributed by atoms with Crippen molar-refractivity contribution >= 4 is 28.3 Å². The molecule has 0 aliphatic rings. The average molecular weight is 499 g/mol. The first-order valence-electron chi connectivity index (χ1n) is 10.7. The van der Waals surface area contributed by atoms with E-state index in [0.717, 1.165) is 22.4 Å². The summed E-state index contributed by atoms with van der Waals surface area (Å²) in [6, 6.07) is 11.7. The Labute approximate surface area is 202 Å². The van der Waals surface area contributed by atoms with Crippen molar-refractivity contribution in [3.63, 3.8) is 0 Å². The highest BCUT2D eigenvalue weighted by Crippen LogP contribution is 2.36. The highest BCUT2D eigenvalue weighted by molar-refractivity contribution is 5.92. The summed E-state index contributed by atoms with van der Waals surface area (Å²) in [4.78, 5) is 27.7. The Hall–Kier alpha value is -4.48. The van der Waals surface area contributed by atoms with Gasteiger partial charge < -0.3 is 10.1 Å². The molecule has 9 nitrogen and oxygen atoms in total. The number of rotatable bonds is 6. The van der Waals surface area contributed by atoms with Crippen molar-refractivity contribution in [1.82, 2.24) is 14.8 Å². The summed E-state index contributed by atoms with van der Waals surface area (Å²) in [5.41, 5.74) is -0.0207. The van der Waals surface area contributed by atoms with E-state index in [1.807, 2.05) is 19.1 Å². The van der Waals surface area contributed by atoms with E-state index in [2.05, 4.69) is 15.4 Å². The summed E-state index contributed by atoms with van der Waals surface area (Å²) >= 11 is 0. The molecule has 2 aromatic carbocycles. The van der Waals surface area contributed by atoms with Gasteiger partial charge in [-0.1, -0.05) is 17.7 Å². The van der Waals surface area contributed by atoms with E-state index in [4.69, 9.17) is 4.74 Å². The molecule has 4 rings (SSSR count). The quantitative estimate of drug-likeness (QED) is 0.268. The third-order valence-corrected chi connectivity index (χ3v) is 5.25. The van der Waals surface area contributed by atoms with Crippen LogP contribution in [0.2, 0.25) is 0 Å². The first-order valence-corrected chi connectivity index (χ1v) is 10.7. The number of aromatic nitrogens is 3. The normalized spacial score (nSPS) is 11.5. The number of amides is 1. The zero-order chi connectivity index (χ0) is 26.2. The second-order valence-corrected chi connectivity index (χ2v) is 8.19. The summed E-state index contributed by atoms with van der Waals surface area (Å²) in [6.07, 6.45) is -4.62. The minimum Gasteiger partial charge on any atom is -0.457 e. The lowest BCUT2D eigenvalue weighted by Crippen LogP contribution is -2.20. The first-order chi connectivity index (χ1) is 16.9. The van der Waals surface area contributed by atoms with Gasteiger partial charge in [-0.25, -0.2) is 9.67 Å². The van der Waals surface area contributed by atoms with Gasteiger partial charge in [-0.15, -0.1) is 0 Å². The molecule has 0 radical (unpaired) electrons. The average Bonchev–Trinajstić information content (AvgIpc) is 3.08. The molecule has 0 atom stereocenters. The minimum absolute atomic E-state index is 0.0711. The fourth-order valence-corrected chi connectivity index (χ4v) is 3.71. The first kappa shape index (κ1) is 24.6. The van der Waals surface area contributed by atoms with Crippen LogP contribution >= 0.6 is 0 Å². The maximum atomic E-state index is 13.5. The highest BCUT2D eigenvalue weighted by Gasteiger charge is 2.35. The Morgan fingerprint density at radius 3 is 2.42 bits per heavy atom. The van der Waals surface area contributed by atoms with Crippen LogP contribution in [0, 0.1) is 30.9 Å². The molecule has 2 heterocycles. The Balaban J connectivity index is 1.62. The van der Waals surface area contributed by atoms with Gasteiger partial charge in [0.1, 0.15) is 18.0 Å². The number of carbonyl (C=O) groups excluding carboxylic acids is 1. The highest BCUT2D eigenvalue weighted by atomic mass is 19.4. The van der Waals surface area contributed by atoms with E-state index >= 15 is 0 Å². The van der Waals surface area contributed by atoms with Crippen LogP contribution in [0.15, 0.2) is 48.5 Å². The second kappa shape index (κ2) is 9.29. The number of hydrogen-bond donors (Lipinski definition) is 1. The van der Waals surface area contributed by atoms with Crippen molar-refractivity contribution in [2.75, 3.05) is 5.32 Å². The van der Waals surface area contributed by atoms with Crippen LogP contribution in [0.3, 0.4) is 0 Å². The van der Waals surface area contributed by atoms with Gasteiger partial charge in [0.25, 0.3) is 5.69 Å². The van der Waals surface area contributed by atoms with Gasteiger partial charge in [-0.05, 0) is 39.0 Å². The molecule has 1 amide bonds. The molecule has 1 N–H and O–H groups in total. The molecular formula is C24H20F3N5O4. The molecule has 36 heavy (non-hydrogen) atoms. The van der Waals surface area contributed by atoms with Gasteiger partial charge in [-0.2, -0.15) is 18.3 Å². The number of nitrogens with one attached hydrogen (secondary N) is 1.